The van der Waals surface area contributed by atoms with Crippen molar-refractivity contribution in [3.63, 3.8) is 0 Å². The molecule has 2 aromatic carbocycles. The van der Waals surface area contributed by atoms with Gasteiger partial charge in [-0.15, -0.1) is 6.42 Å². The largest absolute Gasteiger partial charge is 0.454 e. The van der Waals surface area contributed by atoms with Crippen molar-refractivity contribution < 1.29 is 24.2 Å². The molecule has 1 aliphatic rings. The van der Waals surface area contributed by atoms with E-state index in [1.165, 1.54) is 17.1 Å². The third kappa shape index (κ3) is 4.33. The van der Waals surface area contributed by atoms with Gasteiger partial charge in [-0.25, -0.2) is 5.01 Å². The van der Waals surface area contributed by atoms with Crippen LogP contribution in [0, 0.1) is 12.3 Å². The zero-order valence-electron chi connectivity index (χ0n) is 16.4. The molecular formula is C22H22N2O5. The SMILES string of the molecule is C#CC(O)c1ccc(C(=O)NN(C(=O)c2ccc3c(c2)OCO3)C(C)(C)C)cc1. The van der Waals surface area contributed by atoms with E-state index in [1.807, 2.05) is 20.8 Å². The number of rotatable bonds is 3. The van der Waals surface area contributed by atoms with E-state index >= 15 is 0 Å². The maximum Gasteiger partial charge on any atom is 0.272 e. The Balaban J connectivity index is 1.81. The number of hydrogen-bond donors (Lipinski definition) is 2. The summed E-state index contributed by atoms with van der Waals surface area (Å²) in [7, 11) is 0. The minimum absolute atomic E-state index is 0.108. The number of ether oxygens (including phenoxy) is 2. The van der Waals surface area contributed by atoms with Crippen LogP contribution in [0.15, 0.2) is 42.5 Å². The number of amides is 2. The number of hydrogen-bond acceptors (Lipinski definition) is 5. The minimum atomic E-state index is -1.04. The van der Waals surface area contributed by atoms with Crippen LogP contribution in [0.25, 0.3) is 0 Å². The third-order valence-electron chi connectivity index (χ3n) is 4.35. The first kappa shape index (κ1) is 20.2. The van der Waals surface area contributed by atoms with Crippen molar-refractivity contribution in [2.24, 2.45) is 0 Å². The fraction of sp³-hybridized carbons (Fsp3) is 0.273. The first-order valence-corrected chi connectivity index (χ1v) is 9.00. The summed E-state index contributed by atoms with van der Waals surface area (Å²) in [6.45, 7) is 5.54. The molecule has 2 aromatic rings. The second kappa shape index (κ2) is 7.86. The van der Waals surface area contributed by atoms with Gasteiger partial charge in [-0.05, 0) is 56.7 Å². The van der Waals surface area contributed by atoms with Gasteiger partial charge >= 0.3 is 0 Å². The zero-order valence-corrected chi connectivity index (χ0v) is 16.4. The highest BCUT2D eigenvalue weighted by molar-refractivity contribution is 5.99. The van der Waals surface area contributed by atoms with E-state index in [1.54, 1.807) is 30.3 Å². The predicted octanol–water partition coefficient (Wildman–Crippen LogP) is 2.67. The van der Waals surface area contributed by atoms with Gasteiger partial charge in [0, 0.05) is 11.1 Å². The Kier molecular flexibility index (Phi) is 5.48. The number of hydrazine groups is 1. The van der Waals surface area contributed by atoms with Crippen molar-refractivity contribution in [2.75, 3.05) is 6.79 Å². The summed E-state index contributed by atoms with van der Waals surface area (Å²) in [4.78, 5) is 25.8. The van der Waals surface area contributed by atoms with Gasteiger partial charge in [0.1, 0.15) is 6.10 Å². The number of fused-ring (bicyclic) bond motifs is 1. The lowest BCUT2D eigenvalue weighted by atomic mass is 10.1. The molecule has 29 heavy (non-hydrogen) atoms. The van der Waals surface area contributed by atoms with Crippen LogP contribution in [0.4, 0.5) is 0 Å². The van der Waals surface area contributed by atoms with Crippen molar-refractivity contribution in [2.45, 2.75) is 32.4 Å². The number of benzene rings is 2. The van der Waals surface area contributed by atoms with E-state index in [2.05, 4.69) is 11.3 Å². The maximum atomic E-state index is 13.1. The molecule has 150 valence electrons. The van der Waals surface area contributed by atoms with Crippen LogP contribution in [-0.4, -0.2) is 34.3 Å². The molecule has 0 fully saturated rings. The van der Waals surface area contributed by atoms with Gasteiger partial charge in [0.15, 0.2) is 11.5 Å². The quantitative estimate of drug-likeness (QED) is 0.617. The molecule has 3 rings (SSSR count). The summed E-state index contributed by atoms with van der Waals surface area (Å²) in [6.07, 6.45) is 4.16. The summed E-state index contributed by atoms with van der Waals surface area (Å²) in [5, 5.41) is 10.9. The zero-order chi connectivity index (χ0) is 21.2. The lowest BCUT2D eigenvalue weighted by molar-refractivity contribution is 0.0358. The third-order valence-corrected chi connectivity index (χ3v) is 4.35. The summed E-state index contributed by atoms with van der Waals surface area (Å²) < 4.78 is 10.6. The number of nitrogens with zero attached hydrogens (tertiary/aromatic N) is 1. The highest BCUT2D eigenvalue weighted by Gasteiger charge is 2.30. The first-order valence-electron chi connectivity index (χ1n) is 9.00. The molecule has 1 aliphatic heterocycles. The molecule has 7 nitrogen and oxygen atoms in total. The van der Waals surface area contributed by atoms with Crippen LogP contribution in [0.5, 0.6) is 11.5 Å². The maximum absolute atomic E-state index is 13.1. The standard InChI is InChI=1S/C22H22N2O5/c1-5-17(25)14-6-8-15(9-7-14)20(26)23-24(22(2,3)4)21(27)16-10-11-18-19(12-16)29-13-28-18/h1,6-12,17,25H,13H2,2-4H3,(H,23,26). The average molecular weight is 394 g/mol. The van der Waals surface area contributed by atoms with Crippen molar-refractivity contribution in [1.82, 2.24) is 10.4 Å². The van der Waals surface area contributed by atoms with Crippen molar-refractivity contribution in [1.29, 1.82) is 0 Å². The van der Waals surface area contributed by atoms with Gasteiger partial charge in [-0.1, -0.05) is 18.1 Å². The minimum Gasteiger partial charge on any atom is -0.454 e. The molecule has 7 heteroatoms. The van der Waals surface area contributed by atoms with Gasteiger partial charge in [-0.3, -0.25) is 15.0 Å². The number of aliphatic hydroxyl groups is 1. The van der Waals surface area contributed by atoms with Crippen LogP contribution in [0.1, 0.15) is 53.2 Å². The van der Waals surface area contributed by atoms with Gasteiger partial charge < -0.3 is 14.6 Å². The molecule has 1 atom stereocenters. The number of terminal acetylenes is 1. The topological polar surface area (TPSA) is 88.1 Å². The number of carbonyl (C=O) groups excluding carboxylic acids is 2. The van der Waals surface area contributed by atoms with E-state index in [4.69, 9.17) is 15.9 Å². The van der Waals surface area contributed by atoms with Crippen molar-refractivity contribution in [3.8, 4) is 23.8 Å². The highest BCUT2D eigenvalue weighted by atomic mass is 16.7. The summed E-state index contributed by atoms with van der Waals surface area (Å²) >= 11 is 0. The van der Waals surface area contributed by atoms with E-state index in [0.717, 1.165) is 0 Å². The van der Waals surface area contributed by atoms with Crippen LogP contribution in [-0.2, 0) is 0 Å². The smallest absolute Gasteiger partial charge is 0.272 e. The molecule has 1 unspecified atom stereocenters. The molecule has 0 aliphatic carbocycles. The fourth-order valence-corrected chi connectivity index (χ4v) is 2.76. The summed E-state index contributed by atoms with van der Waals surface area (Å²) in [5.41, 5.74) is 3.17. The van der Waals surface area contributed by atoms with E-state index < -0.39 is 17.6 Å². The van der Waals surface area contributed by atoms with Gasteiger partial charge in [0.25, 0.3) is 11.8 Å². The number of aliphatic hydroxyl groups excluding tert-OH is 1. The molecular weight excluding hydrogens is 372 g/mol. The van der Waals surface area contributed by atoms with Gasteiger partial charge in [0.2, 0.25) is 6.79 Å². The first-order chi connectivity index (χ1) is 13.7. The van der Waals surface area contributed by atoms with Crippen molar-refractivity contribution >= 4 is 11.8 Å². The van der Waals surface area contributed by atoms with Crippen LogP contribution < -0.4 is 14.9 Å². The van der Waals surface area contributed by atoms with Crippen LogP contribution in [0.2, 0.25) is 0 Å². The van der Waals surface area contributed by atoms with E-state index in [9.17, 15) is 14.7 Å². The Morgan fingerprint density at radius 3 is 2.34 bits per heavy atom. The van der Waals surface area contributed by atoms with Gasteiger partial charge in [-0.2, -0.15) is 0 Å². The second-order valence-corrected chi connectivity index (χ2v) is 7.51. The highest BCUT2D eigenvalue weighted by Crippen LogP contribution is 2.33. The molecule has 2 amide bonds. The Bertz CT molecular complexity index is 970. The van der Waals surface area contributed by atoms with Gasteiger partial charge in [0.05, 0.1) is 5.54 Å². The molecule has 0 spiro atoms. The Hall–Kier alpha value is -3.50. The van der Waals surface area contributed by atoms with Crippen molar-refractivity contribution in [3.05, 3.63) is 59.2 Å². The number of carbonyl (C=O) groups is 2. The lowest BCUT2D eigenvalue weighted by Gasteiger charge is -2.35. The predicted molar refractivity (Wildman–Crippen MR) is 106 cm³/mol. The molecule has 0 aromatic heterocycles. The molecule has 0 saturated heterocycles. The Morgan fingerprint density at radius 2 is 1.72 bits per heavy atom. The molecule has 0 saturated carbocycles. The monoisotopic (exact) mass is 394 g/mol. The number of nitrogens with one attached hydrogen (secondary N) is 1. The average Bonchev–Trinajstić information content (AvgIpc) is 3.17. The summed E-state index contributed by atoms with van der Waals surface area (Å²) in [5.74, 6) is 2.42. The molecule has 1 heterocycles. The fourth-order valence-electron chi connectivity index (χ4n) is 2.76. The Labute approximate surface area is 169 Å². The molecule has 0 bridgehead atoms. The molecule has 0 radical (unpaired) electrons. The summed E-state index contributed by atoms with van der Waals surface area (Å²) in [6, 6.07) is 11.1. The van der Waals surface area contributed by atoms with Crippen LogP contribution >= 0.6 is 0 Å². The van der Waals surface area contributed by atoms with Crippen LogP contribution in [0.3, 0.4) is 0 Å². The molecule has 2 N–H and O–H groups in total. The van der Waals surface area contributed by atoms with E-state index in [0.29, 0.717) is 28.2 Å². The Morgan fingerprint density at radius 1 is 1.10 bits per heavy atom. The normalized spacial score (nSPS) is 13.3. The van der Waals surface area contributed by atoms with E-state index in [-0.39, 0.29) is 12.7 Å². The lowest BCUT2D eigenvalue weighted by Crippen LogP contribution is -2.55. The second-order valence-electron chi connectivity index (χ2n) is 7.51.